The number of aromatic nitrogens is 5. The maximum atomic E-state index is 12.6. The van der Waals surface area contributed by atoms with Crippen LogP contribution in [0.4, 0.5) is 5.69 Å². The number of rotatable bonds is 4. The van der Waals surface area contributed by atoms with E-state index in [0.717, 1.165) is 4.57 Å². The van der Waals surface area contributed by atoms with Crippen LogP contribution in [0.25, 0.3) is 11.0 Å². The van der Waals surface area contributed by atoms with Crippen molar-refractivity contribution in [1.82, 2.24) is 23.7 Å². The van der Waals surface area contributed by atoms with Crippen LogP contribution in [-0.4, -0.2) is 35.4 Å². The highest BCUT2D eigenvalue weighted by atomic mass is 16.2. The minimum Gasteiger partial charge on any atom is -0.331 e. The fourth-order valence-electron chi connectivity index (χ4n) is 3.19. The van der Waals surface area contributed by atoms with E-state index >= 15 is 0 Å². The number of carbonyl (C=O) groups is 2. The van der Waals surface area contributed by atoms with Gasteiger partial charge in [-0.3, -0.25) is 23.5 Å². The minimum atomic E-state index is -0.532. The van der Waals surface area contributed by atoms with Gasteiger partial charge >= 0.3 is 5.69 Å². The molecule has 0 spiro atoms. The molecule has 0 aliphatic heterocycles. The number of pyridine rings is 1. The van der Waals surface area contributed by atoms with Crippen molar-refractivity contribution in [1.29, 1.82) is 0 Å². The number of amides is 1. The van der Waals surface area contributed by atoms with Crippen molar-refractivity contribution < 1.29 is 9.59 Å². The number of nitrogens with zero attached hydrogens (tertiary/aromatic N) is 5. The molecule has 31 heavy (non-hydrogen) atoms. The number of hydrogen-bond acceptors (Lipinski definition) is 6. The Balaban J connectivity index is 1.59. The van der Waals surface area contributed by atoms with Crippen molar-refractivity contribution in [3.05, 3.63) is 86.7 Å². The Hall–Kier alpha value is -4.34. The highest BCUT2D eigenvalue weighted by Gasteiger charge is 2.16. The monoisotopic (exact) mass is 418 g/mol. The van der Waals surface area contributed by atoms with Crippen molar-refractivity contribution in [3.63, 3.8) is 0 Å². The molecule has 0 aliphatic rings. The molecule has 156 valence electrons. The quantitative estimate of drug-likeness (QED) is 0.491. The molecular formula is C21H18N6O4. The summed E-state index contributed by atoms with van der Waals surface area (Å²) in [4.78, 5) is 57.7. The second-order valence-electron chi connectivity index (χ2n) is 7.00. The first-order valence-corrected chi connectivity index (χ1v) is 9.28. The zero-order valence-electron chi connectivity index (χ0n) is 17.0. The van der Waals surface area contributed by atoms with Gasteiger partial charge in [-0.2, -0.15) is 0 Å². The van der Waals surface area contributed by atoms with Crippen LogP contribution >= 0.6 is 0 Å². The topological polar surface area (TPSA) is 121 Å². The second kappa shape index (κ2) is 7.48. The molecule has 0 atom stereocenters. The molecule has 1 aromatic carbocycles. The smallest absolute Gasteiger partial charge is 0.331 e. The lowest BCUT2D eigenvalue weighted by Crippen LogP contribution is -2.37. The van der Waals surface area contributed by atoms with Gasteiger partial charge in [-0.05, 0) is 36.4 Å². The lowest BCUT2D eigenvalue weighted by atomic mass is 10.1. The lowest BCUT2D eigenvalue weighted by molar-refractivity contribution is 0.101. The number of anilines is 1. The molecule has 0 bridgehead atoms. The molecule has 1 N–H and O–H groups in total. The zero-order chi connectivity index (χ0) is 22.3. The second-order valence-corrected chi connectivity index (χ2v) is 7.00. The Labute approximate surface area is 175 Å². The van der Waals surface area contributed by atoms with E-state index in [4.69, 9.17) is 0 Å². The molecular weight excluding hydrogens is 400 g/mol. The number of benzene rings is 1. The summed E-state index contributed by atoms with van der Waals surface area (Å²) >= 11 is 0. The van der Waals surface area contributed by atoms with E-state index in [-0.39, 0.29) is 22.5 Å². The number of ketones is 1. The first kappa shape index (κ1) is 20.0. The first-order valence-electron chi connectivity index (χ1n) is 9.28. The maximum absolute atomic E-state index is 12.6. The van der Waals surface area contributed by atoms with E-state index in [2.05, 4.69) is 15.3 Å². The summed E-state index contributed by atoms with van der Waals surface area (Å²) in [5, 5.41) is 2.93. The fraction of sp³-hybridized carbons (Fsp3) is 0.143. The zero-order valence-corrected chi connectivity index (χ0v) is 17.0. The van der Waals surface area contributed by atoms with Crippen molar-refractivity contribution in [2.45, 2.75) is 0 Å². The third kappa shape index (κ3) is 3.44. The Morgan fingerprint density at radius 1 is 0.935 bits per heavy atom. The van der Waals surface area contributed by atoms with Crippen LogP contribution in [0.5, 0.6) is 0 Å². The predicted octanol–water partition coefficient (Wildman–Crippen LogP) is 0.849. The summed E-state index contributed by atoms with van der Waals surface area (Å²) in [5.74, 6) is -0.434. The molecule has 4 rings (SSSR count). The Bertz CT molecular complexity index is 1460. The van der Waals surface area contributed by atoms with Crippen molar-refractivity contribution >= 4 is 28.4 Å². The number of carbonyl (C=O) groups excluding carboxylic acids is 2. The SMILES string of the molecule is Cn1ccnc1C(=O)c1ccc(NC(=O)c2ccc3c(=O)n(C)c(=O)n(C)c3n2)cc1. The van der Waals surface area contributed by atoms with Gasteiger partial charge in [0.2, 0.25) is 5.78 Å². The molecule has 0 radical (unpaired) electrons. The molecule has 3 heterocycles. The molecule has 4 aromatic rings. The van der Waals surface area contributed by atoms with Gasteiger partial charge in [0.25, 0.3) is 11.5 Å². The van der Waals surface area contributed by atoms with E-state index in [0.29, 0.717) is 17.1 Å². The van der Waals surface area contributed by atoms with E-state index in [1.165, 1.54) is 30.8 Å². The van der Waals surface area contributed by atoms with Crippen LogP contribution in [0.3, 0.4) is 0 Å². The number of fused-ring (bicyclic) bond motifs is 1. The van der Waals surface area contributed by atoms with Gasteiger partial charge in [0.05, 0.1) is 5.39 Å². The standard InChI is InChI=1S/C21H18N6O4/c1-25-11-10-22-18(25)16(28)12-4-6-13(7-5-12)23-19(29)15-9-8-14-17(24-15)26(2)21(31)27(3)20(14)30/h4-11H,1-3H3,(H,23,29). The summed E-state index contributed by atoms with van der Waals surface area (Å²) in [5.41, 5.74) is 0.0462. The van der Waals surface area contributed by atoms with Gasteiger partial charge in [0, 0.05) is 44.8 Å². The summed E-state index contributed by atoms with van der Waals surface area (Å²) in [6, 6.07) is 9.26. The van der Waals surface area contributed by atoms with Crippen LogP contribution in [0.2, 0.25) is 0 Å². The molecule has 0 saturated carbocycles. The highest BCUT2D eigenvalue weighted by Crippen LogP contribution is 2.14. The third-order valence-electron chi connectivity index (χ3n) is 4.96. The Morgan fingerprint density at radius 3 is 2.29 bits per heavy atom. The van der Waals surface area contributed by atoms with Crippen LogP contribution in [0.1, 0.15) is 26.7 Å². The number of imidazole rings is 1. The molecule has 0 aliphatic carbocycles. The van der Waals surface area contributed by atoms with Crippen molar-refractivity contribution in [2.24, 2.45) is 21.1 Å². The summed E-state index contributed by atoms with van der Waals surface area (Å²) in [6.45, 7) is 0. The van der Waals surface area contributed by atoms with Crippen LogP contribution < -0.4 is 16.6 Å². The van der Waals surface area contributed by atoms with Crippen molar-refractivity contribution in [2.75, 3.05) is 5.32 Å². The van der Waals surface area contributed by atoms with Crippen LogP contribution in [-0.2, 0) is 21.1 Å². The maximum Gasteiger partial charge on any atom is 0.332 e. The average Bonchev–Trinajstić information content (AvgIpc) is 3.21. The van der Waals surface area contributed by atoms with E-state index in [1.807, 2.05) is 0 Å². The normalized spacial score (nSPS) is 10.9. The number of hydrogen-bond donors (Lipinski definition) is 1. The van der Waals surface area contributed by atoms with Gasteiger partial charge in [0.1, 0.15) is 11.3 Å². The molecule has 0 fully saturated rings. The van der Waals surface area contributed by atoms with Crippen LogP contribution in [0, 0.1) is 0 Å². The van der Waals surface area contributed by atoms with Gasteiger partial charge < -0.3 is 9.88 Å². The number of nitrogens with one attached hydrogen (secondary N) is 1. The molecule has 0 saturated heterocycles. The van der Waals surface area contributed by atoms with Gasteiger partial charge in [-0.25, -0.2) is 14.8 Å². The van der Waals surface area contributed by atoms with Crippen molar-refractivity contribution in [3.8, 4) is 0 Å². The first-order chi connectivity index (χ1) is 14.8. The molecule has 10 nitrogen and oxygen atoms in total. The third-order valence-corrected chi connectivity index (χ3v) is 4.96. The van der Waals surface area contributed by atoms with E-state index in [1.54, 1.807) is 48.3 Å². The summed E-state index contributed by atoms with van der Waals surface area (Å²) < 4.78 is 3.83. The fourth-order valence-corrected chi connectivity index (χ4v) is 3.19. The molecule has 10 heteroatoms. The largest absolute Gasteiger partial charge is 0.332 e. The van der Waals surface area contributed by atoms with E-state index < -0.39 is 17.2 Å². The van der Waals surface area contributed by atoms with Gasteiger partial charge in [-0.15, -0.1) is 0 Å². The summed E-state index contributed by atoms with van der Waals surface area (Å²) in [7, 11) is 4.60. The van der Waals surface area contributed by atoms with Gasteiger partial charge in [0.15, 0.2) is 5.82 Å². The number of aryl methyl sites for hydroxylation is 2. The summed E-state index contributed by atoms with van der Waals surface area (Å²) in [6.07, 6.45) is 3.23. The Kier molecular flexibility index (Phi) is 4.82. The van der Waals surface area contributed by atoms with Crippen LogP contribution in [0.15, 0.2) is 58.4 Å². The van der Waals surface area contributed by atoms with E-state index in [9.17, 15) is 19.2 Å². The predicted molar refractivity (Wildman–Crippen MR) is 113 cm³/mol. The Morgan fingerprint density at radius 2 is 1.65 bits per heavy atom. The average molecular weight is 418 g/mol. The molecule has 0 unspecified atom stereocenters. The highest BCUT2D eigenvalue weighted by molar-refractivity contribution is 6.07. The molecule has 1 amide bonds. The van der Waals surface area contributed by atoms with Gasteiger partial charge in [-0.1, -0.05) is 0 Å². The lowest BCUT2D eigenvalue weighted by Gasteiger charge is -2.09. The molecule has 3 aromatic heterocycles. The minimum absolute atomic E-state index is 0.0453.